The lowest BCUT2D eigenvalue weighted by atomic mass is 10.2. The molecule has 2 N–H and O–H groups in total. The number of hydrogen-bond donors (Lipinski definition) is 2. The van der Waals surface area contributed by atoms with E-state index in [1.165, 1.54) is 0 Å². The van der Waals surface area contributed by atoms with Gasteiger partial charge in [-0.1, -0.05) is 18.2 Å². The number of carbonyl (C=O) groups is 1. The molecule has 0 aliphatic carbocycles. The molecule has 2 aromatic rings. The van der Waals surface area contributed by atoms with E-state index in [2.05, 4.69) is 10.6 Å². The van der Waals surface area contributed by atoms with Gasteiger partial charge >= 0.3 is 6.03 Å². The predicted molar refractivity (Wildman–Crippen MR) is 92.4 cm³/mol. The van der Waals surface area contributed by atoms with Gasteiger partial charge in [0, 0.05) is 16.8 Å². The van der Waals surface area contributed by atoms with Crippen LogP contribution in [0.1, 0.15) is 5.56 Å². The van der Waals surface area contributed by atoms with Crippen LogP contribution >= 0.6 is 11.8 Å². The van der Waals surface area contributed by atoms with Gasteiger partial charge in [-0.25, -0.2) is 4.79 Å². The van der Waals surface area contributed by atoms with Crippen LogP contribution in [0.3, 0.4) is 0 Å². The molecule has 0 atom stereocenters. The lowest BCUT2D eigenvalue weighted by Crippen LogP contribution is -2.23. The molecule has 0 saturated carbocycles. The van der Waals surface area contributed by atoms with Crippen LogP contribution < -0.4 is 15.4 Å². The fourth-order valence-corrected chi connectivity index (χ4v) is 2.26. The fourth-order valence-electron chi connectivity index (χ4n) is 1.80. The third-order valence-corrected chi connectivity index (χ3v) is 3.66. The molecule has 0 saturated heterocycles. The molecule has 2 rings (SSSR count). The van der Waals surface area contributed by atoms with Gasteiger partial charge in [-0.3, -0.25) is 0 Å². The molecule has 0 fully saturated rings. The molecule has 2 amide bonds. The Morgan fingerprint density at radius 1 is 1.18 bits per heavy atom. The second-order valence-corrected chi connectivity index (χ2v) is 5.32. The highest BCUT2D eigenvalue weighted by Gasteiger charge is 2.00. The molecule has 0 unspecified atom stereocenters. The van der Waals surface area contributed by atoms with Gasteiger partial charge in [-0.05, 0) is 48.2 Å². The summed E-state index contributed by atoms with van der Waals surface area (Å²) in [5, 5.41) is 5.46. The number of hydrogen-bond acceptors (Lipinski definition) is 3. The average molecular weight is 314 g/mol. The summed E-state index contributed by atoms with van der Waals surface area (Å²) in [5.41, 5.74) is 1.74. The van der Waals surface area contributed by atoms with Gasteiger partial charge in [0.1, 0.15) is 5.75 Å². The molecular weight excluding hydrogens is 296 g/mol. The summed E-state index contributed by atoms with van der Waals surface area (Å²) in [7, 11) is 1.63. The van der Waals surface area contributed by atoms with Crippen LogP contribution in [0, 0.1) is 0 Å². The number of methoxy groups -OCH3 is 1. The molecule has 0 spiro atoms. The zero-order valence-electron chi connectivity index (χ0n) is 12.5. The van der Waals surface area contributed by atoms with Crippen LogP contribution in [0.15, 0.2) is 59.6 Å². The lowest BCUT2D eigenvalue weighted by molar-refractivity contribution is 0.255. The zero-order valence-corrected chi connectivity index (χ0v) is 13.3. The SMILES string of the molecule is COc1ccc(/C=C/NC(=O)Nc2cccc(SC)c2)cc1. The van der Waals surface area contributed by atoms with Crippen LogP contribution in [-0.2, 0) is 0 Å². The van der Waals surface area contributed by atoms with Crippen LogP contribution in [0.5, 0.6) is 5.75 Å². The number of anilines is 1. The largest absolute Gasteiger partial charge is 0.497 e. The van der Waals surface area contributed by atoms with Gasteiger partial charge < -0.3 is 15.4 Å². The maximum atomic E-state index is 11.8. The van der Waals surface area contributed by atoms with Crippen molar-refractivity contribution >= 4 is 29.6 Å². The summed E-state index contributed by atoms with van der Waals surface area (Å²) < 4.78 is 5.09. The van der Waals surface area contributed by atoms with Crippen molar-refractivity contribution in [3.05, 3.63) is 60.3 Å². The first-order valence-corrected chi connectivity index (χ1v) is 7.96. The minimum atomic E-state index is -0.275. The summed E-state index contributed by atoms with van der Waals surface area (Å²) in [4.78, 5) is 12.9. The Morgan fingerprint density at radius 2 is 1.95 bits per heavy atom. The van der Waals surface area contributed by atoms with Crippen molar-refractivity contribution in [1.82, 2.24) is 5.32 Å². The number of urea groups is 1. The highest BCUT2D eigenvalue weighted by molar-refractivity contribution is 7.98. The topological polar surface area (TPSA) is 50.4 Å². The maximum Gasteiger partial charge on any atom is 0.323 e. The molecule has 0 aliphatic rings. The first-order chi connectivity index (χ1) is 10.7. The third kappa shape index (κ3) is 4.86. The first kappa shape index (κ1) is 16.0. The highest BCUT2D eigenvalue weighted by atomic mass is 32.2. The number of thioether (sulfide) groups is 1. The second kappa shape index (κ2) is 8.14. The van der Waals surface area contributed by atoms with Crippen LogP contribution in [0.2, 0.25) is 0 Å². The second-order valence-electron chi connectivity index (χ2n) is 4.44. The molecule has 0 radical (unpaired) electrons. The minimum absolute atomic E-state index is 0.275. The molecule has 5 heteroatoms. The molecule has 0 heterocycles. The van der Waals surface area contributed by atoms with Gasteiger partial charge in [-0.15, -0.1) is 11.8 Å². The van der Waals surface area contributed by atoms with E-state index in [-0.39, 0.29) is 6.03 Å². The van der Waals surface area contributed by atoms with Crippen molar-refractivity contribution in [2.45, 2.75) is 4.90 Å². The van der Waals surface area contributed by atoms with Crippen molar-refractivity contribution in [1.29, 1.82) is 0 Å². The van der Waals surface area contributed by atoms with Crippen LogP contribution in [-0.4, -0.2) is 19.4 Å². The van der Waals surface area contributed by atoms with E-state index in [4.69, 9.17) is 4.74 Å². The third-order valence-electron chi connectivity index (χ3n) is 2.93. The van der Waals surface area contributed by atoms with E-state index in [9.17, 15) is 4.79 Å². The van der Waals surface area contributed by atoms with E-state index in [0.717, 1.165) is 21.9 Å². The Kier molecular flexibility index (Phi) is 5.91. The molecule has 114 valence electrons. The summed E-state index contributed by atoms with van der Waals surface area (Å²) in [5.74, 6) is 0.802. The lowest BCUT2D eigenvalue weighted by Gasteiger charge is -2.06. The van der Waals surface area contributed by atoms with Crippen molar-refractivity contribution in [2.24, 2.45) is 0 Å². The Bertz CT molecular complexity index is 654. The molecular formula is C17H18N2O2S. The normalized spacial score (nSPS) is 10.5. The Morgan fingerprint density at radius 3 is 2.64 bits per heavy atom. The molecule has 2 aromatic carbocycles. The zero-order chi connectivity index (χ0) is 15.8. The summed E-state index contributed by atoms with van der Waals surface area (Å²) in [6.07, 6.45) is 5.42. The van der Waals surface area contributed by atoms with E-state index in [1.54, 1.807) is 25.1 Å². The van der Waals surface area contributed by atoms with Crippen LogP contribution in [0.25, 0.3) is 6.08 Å². The molecule has 0 aromatic heterocycles. The first-order valence-electron chi connectivity index (χ1n) is 6.73. The number of rotatable bonds is 5. The molecule has 4 nitrogen and oxygen atoms in total. The summed E-state index contributed by atoms with van der Waals surface area (Å²) in [6, 6.07) is 15.0. The molecule has 0 aliphatic heterocycles. The van der Waals surface area contributed by atoms with Gasteiger partial charge in [0.15, 0.2) is 0 Å². The van der Waals surface area contributed by atoms with Crippen molar-refractivity contribution < 1.29 is 9.53 Å². The Hall–Kier alpha value is -2.40. The number of benzene rings is 2. The van der Waals surface area contributed by atoms with Gasteiger partial charge in [0.2, 0.25) is 0 Å². The minimum Gasteiger partial charge on any atom is -0.497 e. The van der Waals surface area contributed by atoms with Crippen molar-refractivity contribution in [3.63, 3.8) is 0 Å². The Labute approximate surface area is 134 Å². The highest BCUT2D eigenvalue weighted by Crippen LogP contribution is 2.18. The van der Waals surface area contributed by atoms with Crippen molar-refractivity contribution in [3.8, 4) is 5.75 Å². The quantitative estimate of drug-likeness (QED) is 0.813. The maximum absolute atomic E-state index is 11.8. The van der Waals surface area contributed by atoms with E-state index in [1.807, 2.05) is 60.9 Å². The van der Waals surface area contributed by atoms with E-state index < -0.39 is 0 Å². The van der Waals surface area contributed by atoms with Gasteiger partial charge in [-0.2, -0.15) is 0 Å². The van der Waals surface area contributed by atoms with Gasteiger partial charge in [0.05, 0.1) is 7.11 Å². The molecule has 0 bridgehead atoms. The number of carbonyl (C=O) groups excluding carboxylic acids is 1. The van der Waals surface area contributed by atoms with Gasteiger partial charge in [0.25, 0.3) is 0 Å². The standard InChI is InChI=1S/C17H18N2O2S/c1-21-15-8-6-13(7-9-15)10-11-18-17(20)19-14-4-3-5-16(12-14)22-2/h3-12H,1-2H3,(H2,18,19,20)/b11-10+. The van der Waals surface area contributed by atoms with Crippen LogP contribution in [0.4, 0.5) is 10.5 Å². The number of ether oxygens (including phenoxy) is 1. The number of nitrogens with one attached hydrogen (secondary N) is 2. The number of amides is 2. The monoisotopic (exact) mass is 314 g/mol. The predicted octanol–water partition coefficient (Wildman–Crippen LogP) is 4.21. The fraction of sp³-hybridized carbons (Fsp3) is 0.118. The average Bonchev–Trinajstić information content (AvgIpc) is 2.55. The smallest absolute Gasteiger partial charge is 0.323 e. The van der Waals surface area contributed by atoms with E-state index in [0.29, 0.717) is 0 Å². The Balaban J connectivity index is 1.87. The summed E-state index contributed by atoms with van der Waals surface area (Å²) in [6.45, 7) is 0. The molecule has 22 heavy (non-hydrogen) atoms. The summed E-state index contributed by atoms with van der Waals surface area (Å²) >= 11 is 1.63. The van der Waals surface area contributed by atoms with Crippen molar-refractivity contribution in [2.75, 3.05) is 18.7 Å². The van der Waals surface area contributed by atoms with E-state index >= 15 is 0 Å².